The Balaban J connectivity index is 2.26. The molecule has 182 valence electrons. The maximum absolute atomic E-state index is 14.7. The molecule has 0 bridgehead atoms. The van der Waals surface area contributed by atoms with E-state index in [0.717, 1.165) is 36.2 Å². The third kappa shape index (κ3) is 4.88. The fourth-order valence-corrected chi connectivity index (χ4v) is 7.92. The van der Waals surface area contributed by atoms with E-state index in [2.05, 4.69) is 20.4 Å². The van der Waals surface area contributed by atoms with Gasteiger partial charge in [-0.15, -0.1) is 0 Å². The Bertz CT molecular complexity index is 1000. The molecule has 0 radical (unpaired) electrons. The predicted octanol–water partition coefficient (Wildman–Crippen LogP) is 5.21. The number of anilines is 1. The van der Waals surface area contributed by atoms with Crippen LogP contribution < -0.4 is 15.1 Å². The molecule has 0 saturated heterocycles. The van der Waals surface area contributed by atoms with Crippen molar-refractivity contribution in [3.8, 4) is 11.5 Å². The number of hydrogen-bond acceptors (Lipinski definition) is 7. The number of hydrogen-bond donors (Lipinski definition) is 3. The lowest BCUT2D eigenvalue weighted by molar-refractivity contribution is 0.258. The van der Waals surface area contributed by atoms with E-state index in [1.807, 2.05) is 46.8 Å². The summed E-state index contributed by atoms with van der Waals surface area (Å²) in [5.74, 6) is 0.964. The molecule has 9 heteroatoms. The number of rotatable bonds is 9. The highest BCUT2D eigenvalue weighted by atomic mass is 31.2. The highest BCUT2D eigenvalue weighted by molar-refractivity contribution is 7.58. The van der Waals surface area contributed by atoms with E-state index in [1.165, 1.54) is 7.11 Å². The Morgan fingerprint density at radius 2 is 1.85 bits per heavy atom. The highest BCUT2D eigenvalue weighted by Gasteiger charge is 2.57. The molecule has 2 aromatic rings. The summed E-state index contributed by atoms with van der Waals surface area (Å²) in [5, 5.41) is 16.4. The Hall–Kier alpha value is -2.15. The number of aromatic hydroxyl groups is 1. The van der Waals surface area contributed by atoms with Gasteiger partial charge in [0.15, 0.2) is 11.5 Å². The van der Waals surface area contributed by atoms with Crippen molar-refractivity contribution in [2.45, 2.75) is 71.5 Å². The summed E-state index contributed by atoms with van der Waals surface area (Å²) in [4.78, 5) is 9.18. The summed E-state index contributed by atoms with van der Waals surface area (Å²) in [6.07, 6.45) is 3.31. The number of methoxy groups -OCH3 is 1. The first kappa shape index (κ1) is 25.5. The molecule has 3 N–H and O–H groups in total. The summed E-state index contributed by atoms with van der Waals surface area (Å²) in [6.45, 7) is 10.3. The lowest BCUT2D eigenvalue weighted by atomic mass is 9.78. The minimum absolute atomic E-state index is 0.0871. The Morgan fingerprint density at radius 3 is 2.45 bits per heavy atom. The number of aromatic nitrogens is 2. The van der Waals surface area contributed by atoms with Crippen LogP contribution in [0.3, 0.4) is 0 Å². The molecule has 3 unspecified atom stereocenters. The van der Waals surface area contributed by atoms with Crippen molar-refractivity contribution in [3.63, 3.8) is 0 Å². The third-order valence-corrected chi connectivity index (χ3v) is 9.55. The number of phenolic OH excluding ortho intramolecular Hbond substituents is 1. The van der Waals surface area contributed by atoms with Crippen LogP contribution in [0.5, 0.6) is 11.5 Å². The lowest BCUT2D eigenvalue weighted by Crippen LogP contribution is -2.49. The maximum Gasteiger partial charge on any atom is 0.282 e. The van der Waals surface area contributed by atoms with E-state index in [1.54, 1.807) is 6.07 Å². The standard InChI is InChI=1S/C24H37N4O4P/c1-7-25-33(30,32-8-2)24(19-13-16(3)22(29)20(15-19)31-6)12-10-9-11-21(24)28-23-26-17(4)14-18(5)27-23/h13-15,21,29H,7-12H2,1-6H3,(H,25,30)(H,26,27,28). The van der Waals surface area contributed by atoms with Crippen molar-refractivity contribution in [2.24, 2.45) is 0 Å². The van der Waals surface area contributed by atoms with Gasteiger partial charge in [0.25, 0.3) is 7.52 Å². The zero-order valence-electron chi connectivity index (χ0n) is 20.6. The van der Waals surface area contributed by atoms with Crippen LogP contribution >= 0.6 is 7.52 Å². The molecule has 1 aromatic carbocycles. The smallest absolute Gasteiger partial charge is 0.282 e. The second kappa shape index (κ2) is 10.4. The van der Waals surface area contributed by atoms with Gasteiger partial charge in [0, 0.05) is 24.0 Å². The summed E-state index contributed by atoms with van der Waals surface area (Å²) >= 11 is 0. The number of benzene rings is 1. The summed E-state index contributed by atoms with van der Waals surface area (Å²) in [7, 11) is -1.91. The van der Waals surface area contributed by atoms with Gasteiger partial charge in [-0.05, 0) is 63.8 Å². The number of nitrogens with one attached hydrogen (secondary N) is 2. The molecule has 0 spiro atoms. The Morgan fingerprint density at radius 1 is 1.15 bits per heavy atom. The molecule has 0 amide bonds. The van der Waals surface area contributed by atoms with Crippen LogP contribution in [0.25, 0.3) is 0 Å². The molecule has 1 aromatic heterocycles. The van der Waals surface area contributed by atoms with Crippen LogP contribution in [0.2, 0.25) is 0 Å². The first-order valence-electron chi connectivity index (χ1n) is 11.7. The first-order valence-corrected chi connectivity index (χ1v) is 13.3. The van der Waals surface area contributed by atoms with Crippen molar-refractivity contribution in [1.82, 2.24) is 15.1 Å². The molecular weight excluding hydrogens is 439 g/mol. The summed E-state index contributed by atoms with van der Waals surface area (Å²) in [5.41, 5.74) is 3.21. The van der Waals surface area contributed by atoms with Crippen LogP contribution in [0.15, 0.2) is 18.2 Å². The van der Waals surface area contributed by atoms with Crippen LogP contribution in [0, 0.1) is 20.8 Å². The van der Waals surface area contributed by atoms with E-state index < -0.39 is 12.7 Å². The Kier molecular flexibility index (Phi) is 8.04. The highest BCUT2D eigenvalue weighted by Crippen LogP contribution is 2.67. The van der Waals surface area contributed by atoms with Crippen molar-refractivity contribution in [2.75, 3.05) is 25.6 Å². The molecule has 8 nitrogen and oxygen atoms in total. The Labute approximate surface area is 197 Å². The molecule has 1 saturated carbocycles. The van der Waals surface area contributed by atoms with E-state index in [0.29, 0.717) is 36.8 Å². The van der Waals surface area contributed by atoms with Crippen molar-refractivity contribution >= 4 is 13.5 Å². The zero-order chi connectivity index (χ0) is 24.2. The minimum Gasteiger partial charge on any atom is -0.504 e. The normalized spacial score (nSPS) is 22.5. The number of ether oxygens (including phenoxy) is 1. The van der Waals surface area contributed by atoms with Gasteiger partial charge in [-0.1, -0.05) is 25.8 Å². The molecule has 1 aliphatic carbocycles. The van der Waals surface area contributed by atoms with Gasteiger partial charge in [0.05, 0.1) is 13.7 Å². The van der Waals surface area contributed by atoms with Crippen LogP contribution in [-0.2, 0) is 14.2 Å². The first-order chi connectivity index (χ1) is 15.7. The van der Waals surface area contributed by atoms with Gasteiger partial charge in [-0.25, -0.2) is 15.1 Å². The molecule has 33 heavy (non-hydrogen) atoms. The second-order valence-electron chi connectivity index (χ2n) is 8.67. The van der Waals surface area contributed by atoms with E-state index in [4.69, 9.17) is 9.26 Å². The van der Waals surface area contributed by atoms with Crippen LogP contribution in [0.4, 0.5) is 5.95 Å². The van der Waals surface area contributed by atoms with Gasteiger partial charge < -0.3 is 19.7 Å². The predicted molar refractivity (Wildman–Crippen MR) is 131 cm³/mol. The number of nitrogens with zero attached hydrogens (tertiary/aromatic N) is 2. The third-order valence-electron chi connectivity index (χ3n) is 6.35. The number of aryl methyl sites for hydroxylation is 3. The van der Waals surface area contributed by atoms with Crippen molar-refractivity contribution < 1.29 is 18.9 Å². The van der Waals surface area contributed by atoms with Gasteiger partial charge in [-0.3, -0.25) is 4.57 Å². The van der Waals surface area contributed by atoms with Gasteiger partial charge in [-0.2, -0.15) is 0 Å². The summed E-state index contributed by atoms with van der Waals surface area (Å²) < 4.78 is 26.3. The molecule has 1 fully saturated rings. The fraction of sp³-hybridized carbons (Fsp3) is 0.583. The van der Waals surface area contributed by atoms with Gasteiger partial charge in [0.2, 0.25) is 5.95 Å². The van der Waals surface area contributed by atoms with Crippen molar-refractivity contribution in [1.29, 1.82) is 0 Å². The topological polar surface area (TPSA) is 106 Å². The zero-order valence-corrected chi connectivity index (χ0v) is 21.5. The molecular formula is C24H37N4O4P. The average molecular weight is 477 g/mol. The van der Waals surface area contributed by atoms with E-state index >= 15 is 0 Å². The van der Waals surface area contributed by atoms with E-state index in [9.17, 15) is 9.67 Å². The van der Waals surface area contributed by atoms with Crippen molar-refractivity contribution in [3.05, 3.63) is 40.7 Å². The van der Waals surface area contributed by atoms with Gasteiger partial charge >= 0.3 is 0 Å². The maximum atomic E-state index is 14.7. The lowest BCUT2D eigenvalue weighted by Gasteiger charge is -2.48. The molecule has 1 heterocycles. The largest absolute Gasteiger partial charge is 0.504 e. The quantitative estimate of drug-likeness (QED) is 0.424. The molecule has 3 rings (SSSR count). The van der Waals surface area contributed by atoms with Crippen LogP contribution in [-0.4, -0.2) is 41.4 Å². The minimum atomic E-state index is -3.44. The monoisotopic (exact) mass is 476 g/mol. The second-order valence-corrected chi connectivity index (χ2v) is 11.1. The number of phenols is 1. The molecule has 3 atom stereocenters. The SMILES string of the molecule is CCNP(=O)(OCC)C1(c2cc(C)c(O)c(OC)c2)CCCCC1Nc1nc(C)cc(C)n1. The van der Waals surface area contributed by atoms with Crippen LogP contribution in [0.1, 0.15) is 62.0 Å². The molecule has 0 aliphatic heterocycles. The average Bonchev–Trinajstić information content (AvgIpc) is 2.75. The fourth-order valence-electron chi connectivity index (χ4n) is 5.01. The van der Waals surface area contributed by atoms with E-state index in [-0.39, 0.29) is 11.8 Å². The summed E-state index contributed by atoms with van der Waals surface area (Å²) in [6, 6.07) is 5.38. The van der Waals surface area contributed by atoms with Gasteiger partial charge in [0.1, 0.15) is 5.16 Å². The molecule has 1 aliphatic rings.